The number of thioether (sulfide) groups is 2. The van der Waals surface area contributed by atoms with Crippen LogP contribution in [0, 0.1) is 22.7 Å². The van der Waals surface area contributed by atoms with E-state index < -0.39 is 0 Å². The zero-order chi connectivity index (χ0) is 11.0. The van der Waals surface area contributed by atoms with E-state index in [2.05, 4.69) is 0 Å². The Labute approximate surface area is 93.7 Å². The summed E-state index contributed by atoms with van der Waals surface area (Å²) < 4.78 is 1.12. The summed E-state index contributed by atoms with van der Waals surface area (Å²) in [6, 6.07) is 3.82. The zero-order valence-electron chi connectivity index (χ0n) is 8.50. The molecule has 0 heterocycles. The first-order valence-corrected chi connectivity index (χ1v) is 6.51. The van der Waals surface area contributed by atoms with Crippen LogP contribution >= 0.6 is 23.5 Å². The largest absolute Gasteiger partial charge is 0.192 e. The third kappa shape index (κ3) is 3.91. The topological polar surface area (TPSA) is 47.6 Å². The fourth-order valence-corrected chi connectivity index (χ4v) is 2.05. The Hall–Kier alpha value is -0.840. The second kappa shape index (κ2) is 7.55. The van der Waals surface area contributed by atoms with Gasteiger partial charge in [0.25, 0.3) is 0 Å². The van der Waals surface area contributed by atoms with Crippen LogP contribution in [0.4, 0.5) is 0 Å². The molecular formula is C10H12N2S2. The summed E-state index contributed by atoms with van der Waals surface area (Å²) in [5, 5.41) is 17.4. The highest BCUT2D eigenvalue weighted by atomic mass is 32.2. The number of hydrogen-bond acceptors (Lipinski definition) is 4. The molecule has 0 bridgehead atoms. The molecule has 0 spiro atoms. The van der Waals surface area contributed by atoms with Crippen LogP contribution in [0.1, 0.15) is 13.3 Å². The lowest BCUT2D eigenvalue weighted by Gasteiger charge is -2.01. The summed E-state index contributed by atoms with van der Waals surface area (Å²) in [6.45, 7) is 1.94. The fraction of sp³-hybridized carbons (Fsp3) is 0.400. The minimum atomic E-state index is 0.216. The highest BCUT2D eigenvalue weighted by molar-refractivity contribution is 8.21. The van der Waals surface area contributed by atoms with Crippen LogP contribution in [0.25, 0.3) is 0 Å². The Morgan fingerprint density at radius 1 is 1.21 bits per heavy atom. The van der Waals surface area contributed by atoms with Crippen molar-refractivity contribution in [3.8, 4) is 12.1 Å². The van der Waals surface area contributed by atoms with E-state index in [9.17, 15) is 0 Å². The summed E-state index contributed by atoms with van der Waals surface area (Å²) in [4.78, 5) is 0. The van der Waals surface area contributed by atoms with E-state index in [-0.39, 0.29) is 5.57 Å². The van der Waals surface area contributed by atoms with E-state index >= 15 is 0 Å². The molecule has 0 fully saturated rings. The highest BCUT2D eigenvalue weighted by Crippen LogP contribution is 2.26. The van der Waals surface area contributed by atoms with Crippen molar-refractivity contribution >= 4 is 23.5 Å². The van der Waals surface area contributed by atoms with Crippen LogP contribution in [-0.2, 0) is 0 Å². The molecule has 0 aromatic rings. The molecular weight excluding hydrogens is 212 g/mol. The molecule has 0 aliphatic heterocycles. The molecule has 0 aliphatic rings. The number of rotatable bonds is 4. The predicted molar refractivity (Wildman–Crippen MR) is 63.7 cm³/mol. The van der Waals surface area contributed by atoms with E-state index in [1.54, 1.807) is 23.5 Å². The van der Waals surface area contributed by atoms with Crippen molar-refractivity contribution in [3.05, 3.63) is 21.5 Å². The van der Waals surface area contributed by atoms with Gasteiger partial charge in [-0.25, -0.2) is 0 Å². The Bertz CT molecular complexity index is 307. The van der Waals surface area contributed by atoms with Gasteiger partial charge in [0, 0.05) is 4.24 Å². The highest BCUT2D eigenvalue weighted by Gasteiger charge is 2.02. The molecule has 4 heteroatoms. The molecule has 0 rings (SSSR count). The Balaban J connectivity index is 5.12. The molecule has 0 aromatic heterocycles. The van der Waals surface area contributed by atoms with Gasteiger partial charge in [-0.05, 0) is 30.6 Å². The Kier molecular flexibility index (Phi) is 7.10. The molecule has 0 aliphatic carbocycles. The van der Waals surface area contributed by atoms with Gasteiger partial charge in [-0.1, -0.05) is 6.92 Å². The molecule has 0 aromatic carbocycles. The minimum Gasteiger partial charge on any atom is -0.192 e. The first-order valence-electron chi connectivity index (χ1n) is 4.06. The minimum absolute atomic E-state index is 0.216. The van der Waals surface area contributed by atoms with Gasteiger partial charge in [0.05, 0.1) is 0 Å². The number of nitrogens with zero attached hydrogens (tertiary/aromatic N) is 2. The van der Waals surface area contributed by atoms with Crippen molar-refractivity contribution in [2.24, 2.45) is 0 Å². The lowest BCUT2D eigenvalue weighted by molar-refractivity contribution is 1.14. The maximum absolute atomic E-state index is 8.71. The molecule has 2 nitrogen and oxygen atoms in total. The molecule has 0 radical (unpaired) electrons. The predicted octanol–water partition coefficient (Wildman–Crippen LogP) is 3.31. The molecule has 0 atom stereocenters. The average Bonchev–Trinajstić information content (AvgIpc) is 2.24. The van der Waals surface area contributed by atoms with E-state index in [4.69, 9.17) is 10.5 Å². The third-order valence-corrected chi connectivity index (χ3v) is 3.66. The average molecular weight is 224 g/mol. The first-order chi connectivity index (χ1) is 6.73. The van der Waals surface area contributed by atoms with Gasteiger partial charge in [-0.3, -0.25) is 0 Å². The Morgan fingerprint density at radius 3 is 2.00 bits per heavy atom. The summed E-state index contributed by atoms with van der Waals surface area (Å²) >= 11 is 3.25. The van der Waals surface area contributed by atoms with Crippen LogP contribution < -0.4 is 0 Å². The van der Waals surface area contributed by atoms with Crippen LogP contribution in [0.15, 0.2) is 21.5 Å². The molecule has 0 unspecified atom stereocenters. The Morgan fingerprint density at radius 2 is 1.71 bits per heavy atom. The monoisotopic (exact) mass is 224 g/mol. The third-order valence-electron chi connectivity index (χ3n) is 1.62. The van der Waals surface area contributed by atoms with Gasteiger partial charge in [-0.15, -0.1) is 23.5 Å². The number of allylic oxidation sites excluding steroid dienone is 3. The molecule has 0 saturated carbocycles. The quantitative estimate of drug-likeness (QED) is 0.543. The standard InChI is InChI=1S/C10H12N2S2/c1-4-8(9(6-11)7-12)5-10(13-2)14-3/h5H,4H2,1-3H3. The van der Waals surface area contributed by atoms with Crippen molar-refractivity contribution in [2.45, 2.75) is 13.3 Å². The van der Waals surface area contributed by atoms with Crippen molar-refractivity contribution in [3.63, 3.8) is 0 Å². The van der Waals surface area contributed by atoms with Crippen LogP contribution in [0.3, 0.4) is 0 Å². The molecule has 14 heavy (non-hydrogen) atoms. The fourth-order valence-electron chi connectivity index (χ4n) is 0.863. The van der Waals surface area contributed by atoms with Crippen LogP contribution in [0.5, 0.6) is 0 Å². The normalized spacial score (nSPS) is 8.36. The number of hydrogen-bond donors (Lipinski definition) is 0. The summed E-state index contributed by atoms with van der Waals surface area (Å²) in [6.07, 6.45) is 6.58. The second-order valence-corrected chi connectivity index (χ2v) is 4.30. The maximum Gasteiger partial charge on any atom is 0.132 e. The van der Waals surface area contributed by atoms with Gasteiger partial charge >= 0.3 is 0 Å². The number of nitriles is 2. The summed E-state index contributed by atoms with van der Waals surface area (Å²) in [5.41, 5.74) is 1.03. The second-order valence-electron chi connectivity index (χ2n) is 2.35. The smallest absolute Gasteiger partial charge is 0.132 e. The van der Waals surface area contributed by atoms with Gasteiger partial charge in [0.15, 0.2) is 0 Å². The van der Waals surface area contributed by atoms with Crippen molar-refractivity contribution in [2.75, 3.05) is 12.5 Å². The summed E-state index contributed by atoms with van der Waals surface area (Å²) in [7, 11) is 0. The van der Waals surface area contributed by atoms with Crippen molar-refractivity contribution < 1.29 is 0 Å². The van der Waals surface area contributed by atoms with Crippen LogP contribution in [-0.4, -0.2) is 12.5 Å². The van der Waals surface area contributed by atoms with Crippen molar-refractivity contribution in [1.82, 2.24) is 0 Å². The molecule has 0 N–H and O–H groups in total. The SMILES string of the molecule is CCC(C=C(SC)SC)=C(C#N)C#N. The van der Waals surface area contributed by atoms with E-state index in [0.717, 1.165) is 9.81 Å². The summed E-state index contributed by atoms with van der Waals surface area (Å²) in [5.74, 6) is 0. The molecule has 74 valence electrons. The van der Waals surface area contributed by atoms with Gasteiger partial charge in [0.2, 0.25) is 0 Å². The zero-order valence-corrected chi connectivity index (χ0v) is 10.1. The molecule has 0 amide bonds. The van der Waals surface area contributed by atoms with Crippen LogP contribution in [0.2, 0.25) is 0 Å². The van der Waals surface area contributed by atoms with Gasteiger partial charge in [0.1, 0.15) is 17.7 Å². The van der Waals surface area contributed by atoms with Gasteiger partial charge in [-0.2, -0.15) is 10.5 Å². The molecule has 0 saturated heterocycles. The lowest BCUT2D eigenvalue weighted by atomic mass is 10.1. The maximum atomic E-state index is 8.71. The van der Waals surface area contributed by atoms with Crippen molar-refractivity contribution in [1.29, 1.82) is 10.5 Å². The lowest BCUT2D eigenvalue weighted by Crippen LogP contribution is -1.84. The first kappa shape index (κ1) is 13.2. The van der Waals surface area contributed by atoms with E-state index in [1.807, 2.05) is 37.6 Å². The van der Waals surface area contributed by atoms with Gasteiger partial charge < -0.3 is 0 Å². The van der Waals surface area contributed by atoms with E-state index in [1.165, 1.54) is 0 Å². The van der Waals surface area contributed by atoms with E-state index in [0.29, 0.717) is 6.42 Å².